The smallest absolute Gasteiger partial charge is 0.319 e. The Balaban J connectivity index is 2.56. The lowest BCUT2D eigenvalue weighted by molar-refractivity contribution is 0.146. The van der Waals surface area contributed by atoms with Crippen LogP contribution in [0.1, 0.15) is 20.8 Å². The van der Waals surface area contributed by atoms with Crippen LogP contribution in [0.5, 0.6) is 5.75 Å². The molecule has 0 saturated carbocycles. The number of carbonyl (C=O) groups excluding carboxylic acids is 1. The highest BCUT2D eigenvalue weighted by Crippen LogP contribution is 2.27. The van der Waals surface area contributed by atoms with Crippen molar-refractivity contribution in [2.24, 2.45) is 5.92 Å². The SMILES string of the molecule is COCCOc1ccc(NC(=O)NC(C)C(C)C)cc1Cl. The maximum atomic E-state index is 11.8. The molecule has 6 heteroatoms. The first kappa shape index (κ1) is 17.6. The van der Waals surface area contributed by atoms with Crippen LogP contribution < -0.4 is 15.4 Å². The Morgan fingerprint density at radius 1 is 1.29 bits per heavy atom. The first-order valence-corrected chi connectivity index (χ1v) is 7.30. The first-order chi connectivity index (χ1) is 9.93. The quantitative estimate of drug-likeness (QED) is 0.757. The summed E-state index contributed by atoms with van der Waals surface area (Å²) in [4.78, 5) is 11.8. The monoisotopic (exact) mass is 314 g/mol. The van der Waals surface area contributed by atoms with Crippen LogP contribution in [0.3, 0.4) is 0 Å². The molecular weight excluding hydrogens is 292 g/mol. The van der Waals surface area contributed by atoms with E-state index in [2.05, 4.69) is 10.6 Å². The normalized spacial score (nSPS) is 12.1. The maximum absolute atomic E-state index is 11.8. The van der Waals surface area contributed by atoms with Crippen molar-refractivity contribution in [2.45, 2.75) is 26.8 Å². The Bertz CT molecular complexity index is 466. The third-order valence-corrected chi connectivity index (χ3v) is 3.39. The molecule has 5 nitrogen and oxygen atoms in total. The minimum atomic E-state index is -0.250. The summed E-state index contributed by atoms with van der Waals surface area (Å²) < 4.78 is 10.4. The van der Waals surface area contributed by atoms with Crippen molar-refractivity contribution in [3.05, 3.63) is 23.2 Å². The number of urea groups is 1. The molecule has 1 unspecified atom stereocenters. The predicted octanol–water partition coefficient (Wildman–Crippen LogP) is 3.53. The molecule has 21 heavy (non-hydrogen) atoms. The van der Waals surface area contributed by atoms with Gasteiger partial charge in [0.15, 0.2) is 0 Å². The molecule has 0 aliphatic heterocycles. The molecule has 0 saturated heterocycles. The van der Waals surface area contributed by atoms with Gasteiger partial charge in [-0.1, -0.05) is 25.4 Å². The van der Waals surface area contributed by atoms with E-state index >= 15 is 0 Å². The predicted molar refractivity (Wildman–Crippen MR) is 85.3 cm³/mol. The number of amides is 2. The lowest BCUT2D eigenvalue weighted by Gasteiger charge is -2.18. The Labute approximate surface area is 131 Å². The van der Waals surface area contributed by atoms with Crippen molar-refractivity contribution in [3.8, 4) is 5.75 Å². The summed E-state index contributed by atoms with van der Waals surface area (Å²) in [7, 11) is 1.61. The zero-order valence-electron chi connectivity index (χ0n) is 12.9. The lowest BCUT2D eigenvalue weighted by atomic mass is 10.1. The molecule has 0 aliphatic rings. The summed E-state index contributed by atoms with van der Waals surface area (Å²) in [6, 6.07) is 4.97. The van der Waals surface area contributed by atoms with Crippen LogP contribution in [-0.2, 0) is 4.74 Å². The number of halogens is 1. The van der Waals surface area contributed by atoms with E-state index in [1.807, 2.05) is 20.8 Å². The van der Waals surface area contributed by atoms with Crippen molar-refractivity contribution < 1.29 is 14.3 Å². The zero-order chi connectivity index (χ0) is 15.8. The summed E-state index contributed by atoms with van der Waals surface area (Å²) in [5.41, 5.74) is 0.618. The van der Waals surface area contributed by atoms with Gasteiger partial charge in [-0.3, -0.25) is 0 Å². The zero-order valence-corrected chi connectivity index (χ0v) is 13.7. The fourth-order valence-corrected chi connectivity index (χ4v) is 1.71. The molecule has 118 valence electrons. The Morgan fingerprint density at radius 3 is 2.57 bits per heavy atom. The van der Waals surface area contributed by atoms with Gasteiger partial charge in [0.2, 0.25) is 0 Å². The topological polar surface area (TPSA) is 59.6 Å². The van der Waals surface area contributed by atoms with E-state index < -0.39 is 0 Å². The number of benzene rings is 1. The van der Waals surface area contributed by atoms with E-state index in [1.165, 1.54) is 0 Å². The van der Waals surface area contributed by atoms with Gasteiger partial charge < -0.3 is 20.1 Å². The average Bonchev–Trinajstić information content (AvgIpc) is 2.41. The average molecular weight is 315 g/mol. The van der Waals surface area contributed by atoms with Gasteiger partial charge in [-0.2, -0.15) is 0 Å². The Morgan fingerprint density at radius 2 is 2.00 bits per heavy atom. The van der Waals surface area contributed by atoms with E-state index in [0.717, 1.165) is 0 Å². The molecule has 0 heterocycles. The maximum Gasteiger partial charge on any atom is 0.319 e. The summed E-state index contributed by atoms with van der Waals surface area (Å²) in [6.07, 6.45) is 0. The molecule has 1 rings (SSSR count). The van der Waals surface area contributed by atoms with Crippen LogP contribution in [0.15, 0.2) is 18.2 Å². The highest BCUT2D eigenvalue weighted by atomic mass is 35.5. The molecule has 1 aromatic rings. The second-order valence-electron chi connectivity index (χ2n) is 5.12. The molecule has 2 amide bonds. The van der Waals surface area contributed by atoms with Gasteiger partial charge in [0.25, 0.3) is 0 Å². The van der Waals surface area contributed by atoms with E-state index in [1.54, 1.807) is 25.3 Å². The molecular formula is C15H23ClN2O3. The number of hydrogen-bond acceptors (Lipinski definition) is 3. The molecule has 0 aromatic heterocycles. The number of rotatable bonds is 7. The first-order valence-electron chi connectivity index (χ1n) is 6.92. The largest absolute Gasteiger partial charge is 0.490 e. The van der Waals surface area contributed by atoms with E-state index in [-0.39, 0.29) is 12.1 Å². The van der Waals surface area contributed by atoms with E-state index in [0.29, 0.717) is 35.6 Å². The van der Waals surface area contributed by atoms with Gasteiger partial charge in [-0.15, -0.1) is 0 Å². The molecule has 2 N–H and O–H groups in total. The van der Waals surface area contributed by atoms with Crippen molar-refractivity contribution >= 4 is 23.3 Å². The third-order valence-electron chi connectivity index (χ3n) is 3.09. The van der Waals surface area contributed by atoms with E-state index in [4.69, 9.17) is 21.1 Å². The second-order valence-corrected chi connectivity index (χ2v) is 5.52. The molecule has 1 aromatic carbocycles. The minimum absolute atomic E-state index is 0.0946. The van der Waals surface area contributed by atoms with Crippen molar-refractivity contribution in [2.75, 3.05) is 25.6 Å². The number of nitrogens with one attached hydrogen (secondary N) is 2. The number of carbonyl (C=O) groups is 1. The summed E-state index contributed by atoms with van der Waals surface area (Å²) in [5, 5.41) is 6.06. The standard InChI is InChI=1S/C15H23ClN2O3/c1-10(2)11(3)17-15(19)18-12-5-6-14(13(16)9-12)21-8-7-20-4/h5-6,9-11H,7-8H2,1-4H3,(H2,17,18,19). The van der Waals surface area contributed by atoms with Gasteiger partial charge in [0.1, 0.15) is 12.4 Å². The number of methoxy groups -OCH3 is 1. The Kier molecular flexibility index (Phi) is 7.32. The van der Waals surface area contributed by atoms with Crippen LogP contribution in [-0.4, -0.2) is 32.4 Å². The van der Waals surface area contributed by atoms with Crippen molar-refractivity contribution in [1.82, 2.24) is 5.32 Å². The number of ether oxygens (including phenoxy) is 2. The van der Waals surface area contributed by atoms with Crippen LogP contribution >= 0.6 is 11.6 Å². The molecule has 0 fully saturated rings. The van der Waals surface area contributed by atoms with Crippen LogP contribution in [0.4, 0.5) is 10.5 Å². The van der Waals surface area contributed by atoms with Crippen LogP contribution in [0, 0.1) is 5.92 Å². The number of anilines is 1. The molecule has 0 bridgehead atoms. The van der Waals surface area contributed by atoms with Crippen molar-refractivity contribution in [1.29, 1.82) is 0 Å². The van der Waals surface area contributed by atoms with Gasteiger partial charge in [0, 0.05) is 18.8 Å². The van der Waals surface area contributed by atoms with Gasteiger partial charge in [0.05, 0.1) is 11.6 Å². The fourth-order valence-electron chi connectivity index (χ4n) is 1.47. The van der Waals surface area contributed by atoms with Gasteiger partial charge in [-0.05, 0) is 31.0 Å². The number of hydrogen-bond donors (Lipinski definition) is 2. The molecule has 0 radical (unpaired) electrons. The molecule has 0 aliphatic carbocycles. The van der Waals surface area contributed by atoms with Crippen molar-refractivity contribution in [3.63, 3.8) is 0 Å². The van der Waals surface area contributed by atoms with Gasteiger partial charge >= 0.3 is 6.03 Å². The molecule has 0 spiro atoms. The van der Waals surface area contributed by atoms with Gasteiger partial charge in [-0.25, -0.2) is 4.79 Å². The third kappa shape index (κ3) is 6.23. The molecule has 1 atom stereocenters. The highest BCUT2D eigenvalue weighted by Gasteiger charge is 2.11. The summed E-state index contributed by atoms with van der Waals surface area (Å²) in [5.74, 6) is 0.936. The second kappa shape index (κ2) is 8.74. The highest BCUT2D eigenvalue weighted by molar-refractivity contribution is 6.32. The lowest BCUT2D eigenvalue weighted by Crippen LogP contribution is -2.38. The minimum Gasteiger partial charge on any atom is -0.490 e. The fraction of sp³-hybridized carbons (Fsp3) is 0.533. The summed E-state index contributed by atoms with van der Waals surface area (Å²) in [6.45, 7) is 6.98. The van der Waals surface area contributed by atoms with E-state index in [9.17, 15) is 4.79 Å². The van der Waals surface area contributed by atoms with Crippen LogP contribution in [0.25, 0.3) is 0 Å². The summed E-state index contributed by atoms with van der Waals surface area (Å²) >= 11 is 6.11. The van der Waals surface area contributed by atoms with Crippen LogP contribution in [0.2, 0.25) is 5.02 Å². The Hall–Kier alpha value is -1.46.